The lowest BCUT2D eigenvalue weighted by Gasteiger charge is -2.39. The number of aryl methyl sites for hydroxylation is 1. The third-order valence-corrected chi connectivity index (χ3v) is 8.06. The highest BCUT2D eigenvalue weighted by Crippen LogP contribution is 2.31. The first-order valence-corrected chi connectivity index (χ1v) is 13.9. The number of hydrogen-bond acceptors (Lipinski definition) is 6. The van der Waals surface area contributed by atoms with Crippen molar-refractivity contribution >= 4 is 28.3 Å². The Kier molecular flexibility index (Phi) is 7.30. The summed E-state index contributed by atoms with van der Waals surface area (Å²) in [5, 5.41) is 11.9. The molecule has 1 aromatic heterocycles. The lowest BCUT2D eigenvalue weighted by Crippen LogP contribution is -2.47. The second kappa shape index (κ2) is 11.0. The van der Waals surface area contributed by atoms with E-state index in [0.717, 1.165) is 73.3 Å². The Morgan fingerprint density at radius 1 is 0.868 bits per heavy atom. The Morgan fingerprint density at radius 2 is 1.55 bits per heavy atom. The van der Waals surface area contributed by atoms with Crippen LogP contribution in [0.15, 0.2) is 72.8 Å². The maximum absolute atomic E-state index is 10.1. The summed E-state index contributed by atoms with van der Waals surface area (Å²) < 4.78 is 0. The number of aliphatic hydroxyl groups is 1. The SMILES string of the molecule is Cc1ccc(C(c2ccc(Cl)cc2)N2CCN(Cc3nc(N4CCC(O)C4)c4ccccc4n3)CC2)cc1. The summed E-state index contributed by atoms with van der Waals surface area (Å²) in [5.74, 6) is 1.80. The number of anilines is 1. The molecule has 2 aliphatic rings. The predicted molar refractivity (Wildman–Crippen MR) is 154 cm³/mol. The first-order valence-electron chi connectivity index (χ1n) is 13.5. The number of piperazine rings is 1. The fourth-order valence-corrected chi connectivity index (χ4v) is 5.87. The van der Waals surface area contributed by atoms with Crippen LogP contribution in [0.1, 0.15) is 35.0 Å². The number of nitrogens with zero attached hydrogens (tertiary/aromatic N) is 5. The van der Waals surface area contributed by atoms with Gasteiger partial charge in [0.1, 0.15) is 11.6 Å². The second-order valence-electron chi connectivity index (χ2n) is 10.5. The average molecular weight is 528 g/mol. The maximum atomic E-state index is 10.1. The maximum Gasteiger partial charge on any atom is 0.145 e. The minimum Gasteiger partial charge on any atom is -0.391 e. The van der Waals surface area contributed by atoms with E-state index in [9.17, 15) is 5.11 Å². The van der Waals surface area contributed by atoms with E-state index < -0.39 is 0 Å². The van der Waals surface area contributed by atoms with Gasteiger partial charge in [0.15, 0.2) is 0 Å². The third-order valence-electron chi connectivity index (χ3n) is 7.81. The van der Waals surface area contributed by atoms with Crippen molar-refractivity contribution in [2.75, 3.05) is 44.2 Å². The fourth-order valence-electron chi connectivity index (χ4n) is 5.74. The number of β-amino-alcohol motifs (C(OH)–C–C–N with tert-alkyl or cyclic N) is 1. The molecule has 2 atom stereocenters. The van der Waals surface area contributed by atoms with Gasteiger partial charge in [0.25, 0.3) is 0 Å². The molecule has 0 spiro atoms. The molecule has 7 heteroatoms. The van der Waals surface area contributed by atoms with Crippen molar-refractivity contribution in [3.05, 3.63) is 100 Å². The van der Waals surface area contributed by atoms with Crippen molar-refractivity contribution in [1.82, 2.24) is 19.8 Å². The largest absolute Gasteiger partial charge is 0.391 e. The van der Waals surface area contributed by atoms with Gasteiger partial charge in [-0.15, -0.1) is 0 Å². The number of benzene rings is 3. The van der Waals surface area contributed by atoms with E-state index in [1.807, 2.05) is 24.3 Å². The van der Waals surface area contributed by atoms with E-state index in [2.05, 4.69) is 70.2 Å². The minimum absolute atomic E-state index is 0.195. The van der Waals surface area contributed by atoms with E-state index in [0.29, 0.717) is 6.54 Å². The van der Waals surface area contributed by atoms with Crippen LogP contribution < -0.4 is 4.90 Å². The van der Waals surface area contributed by atoms with Gasteiger partial charge in [0.05, 0.1) is 24.2 Å². The number of para-hydroxylation sites is 1. The van der Waals surface area contributed by atoms with Crippen molar-refractivity contribution < 1.29 is 5.11 Å². The highest BCUT2D eigenvalue weighted by atomic mass is 35.5. The van der Waals surface area contributed by atoms with Crippen molar-refractivity contribution in [2.24, 2.45) is 0 Å². The van der Waals surface area contributed by atoms with Gasteiger partial charge in [-0.05, 0) is 48.7 Å². The molecule has 0 aliphatic carbocycles. The monoisotopic (exact) mass is 527 g/mol. The van der Waals surface area contributed by atoms with Crippen LogP contribution in [0.2, 0.25) is 5.02 Å². The number of aliphatic hydroxyl groups excluding tert-OH is 1. The molecule has 2 saturated heterocycles. The quantitative estimate of drug-likeness (QED) is 0.378. The third kappa shape index (κ3) is 5.40. The highest BCUT2D eigenvalue weighted by Gasteiger charge is 2.28. The standard InChI is InChI=1S/C31H34ClN5O/c1-22-6-8-23(9-7-22)30(24-10-12-25(32)13-11-24)36-18-16-35(17-19-36)21-29-33-28-5-3-2-4-27(28)31(34-29)37-15-14-26(38)20-37/h2-13,26,30,38H,14-21H2,1H3. The van der Waals surface area contributed by atoms with Gasteiger partial charge in [-0.1, -0.05) is 65.7 Å². The van der Waals surface area contributed by atoms with Crippen LogP contribution in [0.5, 0.6) is 0 Å². The smallest absolute Gasteiger partial charge is 0.145 e. The molecule has 2 aliphatic heterocycles. The highest BCUT2D eigenvalue weighted by molar-refractivity contribution is 6.30. The number of fused-ring (bicyclic) bond motifs is 1. The van der Waals surface area contributed by atoms with Crippen molar-refractivity contribution in [1.29, 1.82) is 0 Å². The summed E-state index contributed by atoms with van der Waals surface area (Å²) in [6.45, 7) is 8.12. The number of halogens is 1. The van der Waals surface area contributed by atoms with E-state index in [-0.39, 0.29) is 12.1 Å². The van der Waals surface area contributed by atoms with Gasteiger partial charge < -0.3 is 10.0 Å². The Labute approximate surface area is 229 Å². The van der Waals surface area contributed by atoms with Crippen LogP contribution >= 0.6 is 11.6 Å². The molecule has 2 fully saturated rings. The van der Waals surface area contributed by atoms with Crippen molar-refractivity contribution in [3.8, 4) is 0 Å². The van der Waals surface area contributed by atoms with Crippen LogP contribution in [0.25, 0.3) is 10.9 Å². The van der Waals surface area contributed by atoms with E-state index in [4.69, 9.17) is 21.6 Å². The average Bonchev–Trinajstić information content (AvgIpc) is 3.37. The lowest BCUT2D eigenvalue weighted by molar-refractivity contribution is 0.103. The Balaban J connectivity index is 1.20. The molecule has 6 rings (SSSR count). The first kappa shape index (κ1) is 25.3. The summed E-state index contributed by atoms with van der Waals surface area (Å²) in [5.41, 5.74) is 4.81. The zero-order chi connectivity index (χ0) is 26.1. The molecule has 3 heterocycles. The van der Waals surface area contributed by atoms with Crippen LogP contribution in [-0.2, 0) is 6.54 Å². The Hall–Kier alpha value is -3.03. The molecule has 0 saturated carbocycles. The molecule has 0 amide bonds. The topological polar surface area (TPSA) is 55.7 Å². The summed E-state index contributed by atoms with van der Waals surface area (Å²) in [6.07, 6.45) is 0.494. The predicted octanol–water partition coefficient (Wildman–Crippen LogP) is 5.07. The first-order chi connectivity index (χ1) is 18.5. The van der Waals surface area contributed by atoms with E-state index in [1.54, 1.807) is 0 Å². The zero-order valence-corrected chi connectivity index (χ0v) is 22.6. The van der Waals surface area contributed by atoms with Crippen LogP contribution in [0, 0.1) is 6.92 Å². The molecule has 3 aromatic carbocycles. The molecule has 4 aromatic rings. The van der Waals surface area contributed by atoms with Gasteiger partial charge in [0, 0.05) is 49.7 Å². The lowest BCUT2D eigenvalue weighted by atomic mass is 9.95. The number of hydrogen-bond donors (Lipinski definition) is 1. The molecule has 1 N–H and O–H groups in total. The summed E-state index contributed by atoms with van der Waals surface area (Å²) >= 11 is 6.21. The Morgan fingerprint density at radius 3 is 2.24 bits per heavy atom. The molecule has 0 radical (unpaired) electrons. The van der Waals surface area contributed by atoms with Gasteiger partial charge in [-0.25, -0.2) is 9.97 Å². The zero-order valence-electron chi connectivity index (χ0n) is 21.8. The summed E-state index contributed by atoms with van der Waals surface area (Å²) in [4.78, 5) is 17.2. The van der Waals surface area contributed by atoms with Crippen molar-refractivity contribution in [3.63, 3.8) is 0 Å². The number of rotatable bonds is 6. The van der Waals surface area contributed by atoms with Crippen molar-refractivity contribution in [2.45, 2.75) is 32.0 Å². The molecule has 196 valence electrons. The van der Waals surface area contributed by atoms with Gasteiger partial charge >= 0.3 is 0 Å². The molecule has 2 unspecified atom stereocenters. The molecule has 38 heavy (non-hydrogen) atoms. The summed E-state index contributed by atoms with van der Waals surface area (Å²) in [7, 11) is 0. The molecular weight excluding hydrogens is 494 g/mol. The van der Waals surface area contributed by atoms with E-state index >= 15 is 0 Å². The van der Waals surface area contributed by atoms with Crippen LogP contribution in [-0.4, -0.2) is 70.2 Å². The molecule has 0 bridgehead atoms. The normalized spacial score (nSPS) is 19.8. The van der Waals surface area contributed by atoms with Crippen LogP contribution in [0.4, 0.5) is 5.82 Å². The second-order valence-corrected chi connectivity index (χ2v) is 11.0. The number of aromatic nitrogens is 2. The van der Waals surface area contributed by atoms with E-state index in [1.165, 1.54) is 16.7 Å². The Bertz CT molecular complexity index is 1340. The van der Waals surface area contributed by atoms with Gasteiger partial charge in [0.2, 0.25) is 0 Å². The molecular formula is C31H34ClN5O. The summed E-state index contributed by atoms with van der Waals surface area (Å²) in [6, 6.07) is 25.6. The van der Waals surface area contributed by atoms with Crippen LogP contribution in [0.3, 0.4) is 0 Å². The van der Waals surface area contributed by atoms with Gasteiger partial charge in [-0.3, -0.25) is 9.80 Å². The minimum atomic E-state index is -0.289. The fraction of sp³-hybridized carbons (Fsp3) is 0.355. The molecule has 6 nitrogen and oxygen atoms in total. The van der Waals surface area contributed by atoms with Gasteiger partial charge in [-0.2, -0.15) is 0 Å².